The van der Waals surface area contributed by atoms with E-state index in [0.717, 1.165) is 11.6 Å². The molecule has 1 aromatic heterocycles. The average Bonchev–Trinajstić information content (AvgIpc) is 2.15. The molecular weight excluding hydrogens is 206 g/mol. The monoisotopic (exact) mass is 221 g/mol. The lowest BCUT2D eigenvalue weighted by Crippen LogP contribution is -2.50. The number of carboxylic acids is 1. The highest BCUT2D eigenvalue weighted by Crippen LogP contribution is 2.23. The second-order valence-corrected chi connectivity index (χ2v) is 4.37. The minimum Gasteiger partial charge on any atom is -0.481 e. The molecule has 86 valence electrons. The van der Waals surface area contributed by atoms with E-state index in [0.29, 0.717) is 13.1 Å². The maximum absolute atomic E-state index is 10.7. The Labute approximate surface area is 94.1 Å². The largest absolute Gasteiger partial charge is 0.481 e. The molecule has 0 atom stereocenters. The Morgan fingerprint density at radius 1 is 1.56 bits per heavy atom. The molecule has 0 amide bonds. The summed E-state index contributed by atoms with van der Waals surface area (Å²) in [6, 6.07) is 1.82. The van der Waals surface area contributed by atoms with Gasteiger partial charge in [0.2, 0.25) is 0 Å². The van der Waals surface area contributed by atoms with Crippen LogP contribution in [0.4, 0.5) is 5.82 Å². The van der Waals surface area contributed by atoms with E-state index in [9.17, 15) is 4.79 Å². The molecule has 0 unspecified atom stereocenters. The third kappa shape index (κ3) is 1.98. The van der Waals surface area contributed by atoms with Gasteiger partial charge in [0.1, 0.15) is 11.6 Å². The second kappa shape index (κ2) is 4.08. The topological polar surface area (TPSA) is 66.3 Å². The molecular formula is C11H15N3O2. The third-order valence-corrected chi connectivity index (χ3v) is 2.73. The maximum Gasteiger partial charge on any atom is 0.310 e. The first-order valence-electron chi connectivity index (χ1n) is 5.38. The quantitative estimate of drug-likeness (QED) is 0.828. The number of hydrogen-bond donors (Lipinski definition) is 1. The summed E-state index contributed by atoms with van der Waals surface area (Å²) in [5.74, 6) is 0.941. The van der Waals surface area contributed by atoms with E-state index in [4.69, 9.17) is 5.11 Å². The molecule has 1 aromatic rings. The van der Waals surface area contributed by atoms with Crippen molar-refractivity contribution in [1.82, 2.24) is 9.97 Å². The molecule has 0 aliphatic carbocycles. The molecule has 0 aromatic carbocycles. The van der Waals surface area contributed by atoms with Crippen LogP contribution in [-0.2, 0) is 4.79 Å². The summed E-state index contributed by atoms with van der Waals surface area (Å²) in [6.45, 7) is 5.16. The standard InChI is InChI=1S/C11H15N3O2/c1-7(2)10-12-4-3-9(13-10)14-5-8(6-14)11(15)16/h3-4,7-8H,5-6H2,1-2H3,(H,15,16). The Morgan fingerprint density at radius 3 is 2.81 bits per heavy atom. The molecule has 0 bridgehead atoms. The number of nitrogens with zero attached hydrogens (tertiary/aromatic N) is 3. The highest BCUT2D eigenvalue weighted by atomic mass is 16.4. The van der Waals surface area contributed by atoms with Crippen molar-refractivity contribution in [2.24, 2.45) is 5.92 Å². The summed E-state index contributed by atoms with van der Waals surface area (Å²) in [5.41, 5.74) is 0. The van der Waals surface area contributed by atoms with Gasteiger partial charge in [0.05, 0.1) is 5.92 Å². The Morgan fingerprint density at radius 2 is 2.25 bits per heavy atom. The van der Waals surface area contributed by atoms with Crippen LogP contribution in [0.25, 0.3) is 0 Å². The van der Waals surface area contributed by atoms with Crippen LogP contribution >= 0.6 is 0 Å². The summed E-state index contributed by atoms with van der Waals surface area (Å²) in [5, 5.41) is 8.78. The second-order valence-electron chi connectivity index (χ2n) is 4.37. The fraction of sp³-hybridized carbons (Fsp3) is 0.545. The zero-order valence-electron chi connectivity index (χ0n) is 9.42. The predicted molar refractivity (Wildman–Crippen MR) is 59.5 cm³/mol. The molecule has 1 aliphatic rings. The maximum atomic E-state index is 10.7. The van der Waals surface area contributed by atoms with Crippen LogP contribution in [0.5, 0.6) is 0 Å². The van der Waals surface area contributed by atoms with Gasteiger partial charge in [0, 0.05) is 25.2 Å². The van der Waals surface area contributed by atoms with Crippen LogP contribution in [0.1, 0.15) is 25.6 Å². The van der Waals surface area contributed by atoms with Gasteiger partial charge in [-0.3, -0.25) is 4.79 Å². The van der Waals surface area contributed by atoms with Gasteiger partial charge < -0.3 is 10.0 Å². The van der Waals surface area contributed by atoms with E-state index in [1.54, 1.807) is 6.20 Å². The summed E-state index contributed by atoms with van der Waals surface area (Å²) in [7, 11) is 0. The van der Waals surface area contributed by atoms with Gasteiger partial charge in [-0.25, -0.2) is 9.97 Å². The normalized spacial score (nSPS) is 16.3. The number of carboxylic acid groups (broad SMARTS) is 1. The Kier molecular flexibility index (Phi) is 2.77. The molecule has 0 radical (unpaired) electrons. The first-order chi connectivity index (χ1) is 7.58. The van der Waals surface area contributed by atoms with Gasteiger partial charge in [-0.2, -0.15) is 0 Å². The van der Waals surface area contributed by atoms with Gasteiger partial charge in [0.15, 0.2) is 0 Å². The van der Waals surface area contributed by atoms with Crippen molar-refractivity contribution < 1.29 is 9.90 Å². The Hall–Kier alpha value is -1.65. The van der Waals surface area contributed by atoms with E-state index in [-0.39, 0.29) is 11.8 Å². The number of hydrogen-bond acceptors (Lipinski definition) is 4. The van der Waals surface area contributed by atoms with Crippen LogP contribution in [-0.4, -0.2) is 34.1 Å². The molecule has 0 saturated carbocycles. The van der Waals surface area contributed by atoms with E-state index < -0.39 is 5.97 Å². The van der Waals surface area contributed by atoms with Crippen molar-refractivity contribution in [3.63, 3.8) is 0 Å². The number of aliphatic carboxylic acids is 1. The molecule has 5 nitrogen and oxygen atoms in total. The van der Waals surface area contributed by atoms with Crippen molar-refractivity contribution in [2.45, 2.75) is 19.8 Å². The summed E-state index contributed by atoms with van der Waals surface area (Å²) in [6.07, 6.45) is 1.73. The lowest BCUT2D eigenvalue weighted by molar-refractivity contribution is -0.142. The van der Waals surface area contributed by atoms with Gasteiger partial charge in [-0.05, 0) is 6.07 Å². The number of rotatable bonds is 3. The van der Waals surface area contributed by atoms with Gasteiger partial charge >= 0.3 is 5.97 Å². The van der Waals surface area contributed by atoms with Crippen LogP contribution in [0.3, 0.4) is 0 Å². The van der Waals surface area contributed by atoms with Crippen molar-refractivity contribution in [3.05, 3.63) is 18.1 Å². The average molecular weight is 221 g/mol. The van der Waals surface area contributed by atoms with E-state index in [1.807, 2.05) is 24.8 Å². The van der Waals surface area contributed by atoms with Gasteiger partial charge in [-0.1, -0.05) is 13.8 Å². The minimum absolute atomic E-state index is 0.252. The van der Waals surface area contributed by atoms with Crippen LogP contribution in [0, 0.1) is 5.92 Å². The van der Waals surface area contributed by atoms with Gasteiger partial charge in [0.25, 0.3) is 0 Å². The first kappa shape index (κ1) is 10.9. The minimum atomic E-state index is -0.727. The summed E-state index contributed by atoms with van der Waals surface area (Å²) < 4.78 is 0. The number of carbonyl (C=O) groups is 1. The molecule has 1 fully saturated rings. The third-order valence-electron chi connectivity index (χ3n) is 2.73. The van der Waals surface area contributed by atoms with Crippen molar-refractivity contribution in [3.8, 4) is 0 Å². The van der Waals surface area contributed by atoms with E-state index >= 15 is 0 Å². The zero-order chi connectivity index (χ0) is 11.7. The Balaban J connectivity index is 2.06. The lowest BCUT2D eigenvalue weighted by Gasteiger charge is -2.37. The molecule has 2 rings (SSSR count). The molecule has 5 heteroatoms. The molecule has 0 spiro atoms. The lowest BCUT2D eigenvalue weighted by atomic mass is 10.0. The number of aromatic nitrogens is 2. The molecule has 1 saturated heterocycles. The Bertz CT molecular complexity index is 400. The van der Waals surface area contributed by atoms with Crippen molar-refractivity contribution in [2.75, 3.05) is 18.0 Å². The van der Waals surface area contributed by atoms with Crippen LogP contribution < -0.4 is 4.90 Å². The highest BCUT2D eigenvalue weighted by molar-refractivity contribution is 5.74. The molecule has 1 aliphatic heterocycles. The highest BCUT2D eigenvalue weighted by Gasteiger charge is 2.33. The number of anilines is 1. The fourth-order valence-corrected chi connectivity index (χ4v) is 1.64. The zero-order valence-corrected chi connectivity index (χ0v) is 9.42. The molecule has 2 heterocycles. The fourth-order valence-electron chi connectivity index (χ4n) is 1.64. The smallest absolute Gasteiger partial charge is 0.310 e. The van der Waals surface area contributed by atoms with Crippen LogP contribution in [0.2, 0.25) is 0 Å². The predicted octanol–water partition coefficient (Wildman–Crippen LogP) is 1.12. The molecule has 16 heavy (non-hydrogen) atoms. The van der Waals surface area contributed by atoms with Gasteiger partial charge in [-0.15, -0.1) is 0 Å². The van der Waals surface area contributed by atoms with Crippen LogP contribution in [0.15, 0.2) is 12.3 Å². The van der Waals surface area contributed by atoms with Crippen molar-refractivity contribution >= 4 is 11.8 Å². The van der Waals surface area contributed by atoms with E-state index in [2.05, 4.69) is 9.97 Å². The SMILES string of the molecule is CC(C)c1nccc(N2CC(C(=O)O)C2)n1. The summed E-state index contributed by atoms with van der Waals surface area (Å²) >= 11 is 0. The van der Waals surface area contributed by atoms with E-state index in [1.165, 1.54) is 0 Å². The summed E-state index contributed by atoms with van der Waals surface area (Å²) in [4.78, 5) is 21.2. The molecule has 1 N–H and O–H groups in total. The first-order valence-corrected chi connectivity index (χ1v) is 5.38. The van der Waals surface area contributed by atoms with Crippen molar-refractivity contribution in [1.29, 1.82) is 0 Å².